The van der Waals surface area contributed by atoms with Crippen LogP contribution in [0.3, 0.4) is 0 Å². The lowest BCUT2D eigenvalue weighted by Gasteiger charge is -2.21. The maximum Gasteiger partial charge on any atom is 0.191 e. The van der Waals surface area contributed by atoms with E-state index in [2.05, 4.69) is 75.9 Å². The van der Waals surface area contributed by atoms with Crippen LogP contribution < -0.4 is 29.9 Å². The lowest BCUT2D eigenvalue weighted by atomic mass is 10.2. The van der Waals surface area contributed by atoms with Crippen molar-refractivity contribution in [2.45, 2.75) is 25.9 Å². The van der Waals surface area contributed by atoms with E-state index in [1.165, 1.54) is 11.3 Å². The molecule has 2 heterocycles. The van der Waals surface area contributed by atoms with Gasteiger partial charge in [-0.3, -0.25) is 0 Å². The summed E-state index contributed by atoms with van der Waals surface area (Å²) >= 11 is 0. The lowest BCUT2D eigenvalue weighted by molar-refractivity contribution is 0.394. The first-order valence-electron chi connectivity index (χ1n) is 11.7. The van der Waals surface area contributed by atoms with E-state index in [0.29, 0.717) is 12.6 Å². The summed E-state index contributed by atoms with van der Waals surface area (Å²) in [5, 5.41) is 7.03. The molecule has 2 aromatic rings. The number of nitrogens with one attached hydrogen (secondary N) is 2. The van der Waals surface area contributed by atoms with E-state index in [0.717, 1.165) is 62.3 Å². The van der Waals surface area contributed by atoms with Crippen LogP contribution in [0.1, 0.15) is 18.9 Å². The summed E-state index contributed by atoms with van der Waals surface area (Å²) in [6, 6.07) is 15.0. The van der Waals surface area contributed by atoms with Gasteiger partial charge in [0.15, 0.2) is 5.96 Å². The molecule has 33 heavy (non-hydrogen) atoms. The van der Waals surface area contributed by atoms with Crippen molar-refractivity contribution >= 4 is 17.3 Å². The highest BCUT2D eigenvalue weighted by atomic mass is 16.5. The standard InChI is InChI=1S/C26H35N5O2/c1-4-27-26(28-18-20-8-7-9-22(14-20)30-11-5-6-12-30)29-21-10-13-31(19-21)23-15-24(32-2)17-25(16-23)33-3/h5-9,14-17,21H,4,10-13,18-19H2,1-3H3,(H2,27,28,29). The van der Waals surface area contributed by atoms with Crippen LogP contribution in [0.15, 0.2) is 59.6 Å². The van der Waals surface area contributed by atoms with E-state index in [1.54, 1.807) is 14.2 Å². The van der Waals surface area contributed by atoms with Crippen molar-refractivity contribution in [3.8, 4) is 11.5 Å². The molecule has 1 atom stereocenters. The molecular formula is C26H35N5O2. The minimum atomic E-state index is 0.321. The molecule has 0 spiro atoms. The summed E-state index contributed by atoms with van der Waals surface area (Å²) in [6.07, 6.45) is 5.47. The van der Waals surface area contributed by atoms with E-state index in [1.807, 2.05) is 6.07 Å². The largest absolute Gasteiger partial charge is 0.497 e. The number of ether oxygens (including phenoxy) is 2. The van der Waals surface area contributed by atoms with Crippen LogP contribution in [0.2, 0.25) is 0 Å². The highest BCUT2D eigenvalue weighted by Crippen LogP contribution is 2.30. The van der Waals surface area contributed by atoms with Gasteiger partial charge in [0, 0.05) is 68.3 Å². The van der Waals surface area contributed by atoms with Crippen molar-refractivity contribution in [3.05, 3.63) is 60.2 Å². The predicted molar refractivity (Wildman–Crippen MR) is 136 cm³/mol. The summed E-state index contributed by atoms with van der Waals surface area (Å²) in [6.45, 7) is 7.41. The molecular weight excluding hydrogens is 414 g/mol. The van der Waals surface area contributed by atoms with Crippen molar-refractivity contribution in [3.63, 3.8) is 0 Å². The maximum atomic E-state index is 5.44. The normalized spacial score (nSPS) is 18.0. The van der Waals surface area contributed by atoms with Crippen LogP contribution in [-0.4, -0.2) is 58.9 Å². The number of nitrogens with zero attached hydrogens (tertiary/aromatic N) is 3. The Morgan fingerprint density at radius 1 is 1.00 bits per heavy atom. The number of methoxy groups -OCH3 is 2. The Hall–Kier alpha value is -3.35. The molecule has 1 saturated heterocycles. The van der Waals surface area contributed by atoms with Crippen LogP contribution in [0.4, 0.5) is 11.4 Å². The molecule has 4 rings (SSSR count). The second-order valence-electron chi connectivity index (χ2n) is 8.39. The molecule has 0 amide bonds. The fraction of sp³-hybridized carbons (Fsp3) is 0.423. The summed E-state index contributed by atoms with van der Waals surface area (Å²) in [5.74, 6) is 2.48. The topological polar surface area (TPSA) is 61.4 Å². The summed E-state index contributed by atoms with van der Waals surface area (Å²) < 4.78 is 10.9. The van der Waals surface area contributed by atoms with Gasteiger partial charge in [0.2, 0.25) is 0 Å². The van der Waals surface area contributed by atoms with Crippen LogP contribution in [-0.2, 0) is 6.54 Å². The smallest absolute Gasteiger partial charge is 0.191 e. The second kappa shape index (κ2) is 11.0. The zero-order valence-corrected chi connectivity index (χ0v) is 19.9. The van der Waals surface area contributed by atoms with Crippen LogP contribution in [0.25, 0.3) is 0 Å². The third-order valence-corrected chi connectivity index (χ3v) is 6.09. The van der Waals surface area contributed by atoms with Gasteiger partial charge < -0.3 is 29.9 Å². The Morgan fingerprint density at radius 2 is 1.76 bits per heavy atom. The molecule has 1 unspecified atom stereocenters. The molecule has 0 aliphatic carbocycles. The van der Waals surface area contributed by atoms with Crippen molar-refractivity contribution in [1.29, 1.82) is 0 Å². The first-order chi connectivity index (χ1) is 16.2. The number of benzene rings is 2. The van der Waals surface area contributed by atoms with E-state index in [-0.39, 0.29) is 0 Å². The van der Waals surface area contributed by atoms with Crippen molar-refractivity contribution in [1.82, 2.24) is 10.6 Å². The Balaban J connectivity index is 1.38. The highest BCUT2D eigenvalue weighted by molar-refractivity contribution is 5.80. The number of guanidine groups is 1. The van der Waals surface area contributed by atoms with E-state index in [4.69, 9.17) is 14.5 Å². The van der Waals surface area contributed by atoms with Gasteiger partial charge in [0.05, 0.1) is 20.8 Å². The Kier molecular flexibility index (Phi) is 7.60. The molecule has 2 aliphatic heterocycles. The van der Waals surface area contributed by atoms with Crippen LogP contribution >= 0.6 is 0 Å². The monoisotopic (exact) mass is 449 g/mol. The fourth-order valence-electron chi connectivity index (χ4n) is 4.31. The third-order valence-electron chi connectivity index (χ3n) is 6.09. The fourth-order valence-corrected chi connectivity index (χ4v) is 4.31. The van der Waals surface area contributed by atoms with Crippen LogP contribution in [0, 0.1) is 0 Å². The van der Waals surface area contributed by atoms with E-state index < -0.39 is 0 Å². The van der Waals surface area contributed by atoms with Crippen molar-refractivity contribution < 1.29 is 9.47 Å². The SMILES string of the molecule is CCNC(=NCc1cccc(N2CC=CC2)c1)NC1CCN(c2cc(OC)cc(OC)c2)C1. The summed E-state index contributed by atoms with van der Waals surface area (Å²) in [5.41, 5.74) is 3.59. The first kappa shape index (κ1) is 22.8. The minimum Gasteiger partial charge on any atom is -0.497 e. The molecule has 0 radical (unpaired) electrons. The Labute approximate surface area is 197 Å². The maximum absolute atomic E-state index is 5.44. The molecule has 2 aliphatic rings. The van der Waals surface area contributed by atoms with Gasteiger partial charge in [0.1, 0.15) is 11.5 Å². The zero-order chi connectivity index (χ0) is 23.0. The van der Waals surface area contributed by atoms with Gasteiger partial charge in [-0.05, 0) is 31.0 Å². The molecule has 1 fully saturated rings. The first-order valence-corrected chi connectivity index (χ1v) is 11.7. The van der Waals surface area contributed by atoms with Gasteiger partial charge >= 0.3 is 0 Å². The Morgan fingerprint density at radius 3 is 2.45 bits per heavy atom. The van der Waals surface area contributed by atoms with Gasteiger partial charge in [-0.2, -0.15) is 0 Å². The number of rotatable bonds is 8. The minimum absolute atomic E-state index is 0.321. The van der Waals surface area contributed by atoms with Crippen LogP contribution in [0.5, 0.6) is 11.5 Å². The van der Waals surface area contributed by atoms with E-state index >= 15 is 0 Å². The van der Waals surface area contributed by atoms with Gasteiger partial charge in [-0.15, -0.1) is 0 Å². The van der Waals surface area contributed by atoms with Crippen molar-refractivity contribution in [2.75, 3.05) is 56.7 Å². The van der Waals surface area contributed by atoms with E-state index in [9.17, 15) is 0 Å². The van der Waals surface area contributed by atoms with Crippen molar-refractivity contribution in [2.24, 2.45) is 4.99 Å². The number of aliphatic imine (C=N–C) groups is 1. The predicted octanol–water partition coefficient (Wildman–Crippen LogP) is 3.41. The third kappa shape index (κ3) is 5.92. The van der Waals surface area contributed by atoms with Gasteiger partial charge in [-0.1, -0.05) is 24.3 Å². The average Bonchev–Trinajstić information content (AvgIpc) is 3.55. The van der Waals surface area contributed by atoms with Gasteiger partial charge in [0.25, 0.3) is 0 Å². The lowest BCUT2D eigenvalue weighted by Crippen LogP contribution is -2.44. The molecule has 0 saturated carbocycles. The molecule has 0 aromatic heterocycles. The zero-order valence-electron chi connectivity index (χ0n) is 19.9. The second-order valence-corrected chi connectivity index (χ2v) is 8.39. The molecule has 176 valence electrons. The number of anilines is 2. The highest BCUT2D eigenvalue weighted by Gasteiger charge is 2.24. The average molecular weight is 450 g/mol. The number of hydrogen-bond acceptors (Lipinski definition) is 5. The molecule has 0 bridgehead atoms. The number of hydrogen-bond donors (Lipinski definition) is 2. The quantitative estimate of drug-likeness (QED) is 0.366. The summed E-state index contributed by atoms with van der Waals surface area (Å²) in [4.78, 5) is 9.59. The summed E-state index contributed by atoms with van der Waals surface area (Å²) in [7, 11) is 3.37. The Bertz CT molecular complexity index is 960. The van der Waals surface area contributed by atoms with Gasteiger partial charge in [-0.25, -0.2) is 4.99 Å². The molecule has 7 heteroatoms. The molecule has 2 N–H and O–H groups in total. The molecule has 2 aromatic carbocycles. The molecule has 7 nitrogen and oxygen atoms in total.